The highest BCUT2D eigenvalue weighted by Crippen LogP contribution is 2.25. The van der Waals surface area contributed by atoms with Crippen molar-refractivity contribution >= 4 is 23.2 Å². The van der Waals surface area contributed by atoms with Crippen LogP contribution in [-0.4, -0.2) is 25.9 Å². The summed E-state index contributed by atoms with van der Waals surface area (Å²) in [7, 11) is 0. The molecule has 8 heteroatoms. The van der Waals surface area contributed by atoms with Crippen LogP contribution in [0, 0.1) is 20.8 Å². The topological polar surface area (TPSA) is 85.8 Å². The Kier molecular flexibility index (Phi) is 5.37. The first-order chi connectivity index (χ1) is 14.4. The Balaban J connectivity index is 1.55. The molecule has 152 valence electrons. The van der Waals surface area contributed by atoms with Gasteiger partial charge in [-0.05, 0) is 50.6 Å². The molecule has 4 aromatic rings. The highest BCUT2D eigenvalue weighted by atomic mass is 35.5. The van der Waals surface area contributed by atoms with E-state index in [1.54, 1.807) is 35.9 Å². The monoisotopic (exact) mass is 421 g/mol. The summed E-state index contributed by atoms with van der Waals surface area (Å²) in [4.78, 5) is 17.2. The molecule has 4 rings (SSSR count). The summed E-state index contributed by atoms with van der Waals surface area (Å²) in [5.74, 6) is 0.920. The van der Waals surface area contributed by atoms with Crippen molar-refractivity contribution in [3.8, 4) is 11.5 Å². The quantitative estimate of drug-likeness (QED) is 0.499. The lowest BCUT2D eigenvalue weighted by molar-refractivity contribution is 0.102. The van der Waals surface area contributed by atoms with E-state index in [1.165, 1.54) is 0 Å². The van der Waals surface area contributed by atoms with Crippen molar-refractivity contribution in [1.82, 2.24) is 20.0 Å². The maximum Gasteiger partial charge on any atom is 0.278 e. The van der Waals surface area contributed by atoms with Crippen molar-refractivity contribution in [2.75, 3.05) is 5.32 Å². The van der Waals surface area contributed by atoms with Crippen LogP contribution in [0.3, 0.4) is 0 Å². The lowest BCUT2D eigenvalue weighted by atomic mass is 10.1. The molecular formula is C22H20ClN5O2. The number of aromatic nitrogens is 4. The average Bonchev–Trinajstić information content (AvgIpc) is 3.25. The minimum Gasteiger partial charge on any atom is -0.441 e. The molecule has 7 nitrogen and oxygen atoms in total. The van der Waals surface area contributed by atoms with Crippen molar-refractivity contribution in [1.29, 1.82) is 0 Å². The lowest BCUT2D eigenvalue weighted by Gasteiger charge is -2.05. The molecule has 0 spiro atoms. The normalized spacial score (nSPS) is 10.9. The summed E-state index contributed by atoms with van der Waals surface area (Å²) in [5, 5.41) is 11.5. The second kappa shape index (κ2) is 8.12. The SMILES string of the molecule is Cc1ccccc1-c1nc(Cn2nnc(C(=O)Nc3cccc(Cl)c3)c2C)c(C)o1. The lowest BCUT2D eigenvalue weighted by Crippen LogP contribution is -2.14. The molecule has 0 aliphatic carbocycles. The third-order valence-electron chi connectivity index (χ3n) is 4.85. The molecule has 1 N–H and O–H groups in total. The molecule has 0 saturated heterocycles. The highest BCUT2D eigenvalue weighted by molar-refractivity contribution is 6.30. The number of halogens is 1. The summed E-state index contributed by atoms with van der Waals surface area (Å²) in [6, 6.07) is 14.9. The zero-order chi connectivity index (χ0) is 21.3. The number of hydrogen-bond acceptors (Lipinski definition) is 5. The zero-order valence-corrected chi connectivity index (χ0v) is 17.6. The highest BCUT2D eigenvalue weighted by Gasteiger charge is 2.19. The first-order valence-corrected chi connectivity index (χ1v) is 9.79. The molecule has 0 saturated carbocycles. The predicted molar refractivity (Wildman–Crippen MR) is 115 cm³/mol. The Labute approximate surface area is 178 Å². The molecule has 30 heavy (non-hydrogen) atoms. The number of anilines is 1. The molecule has 0 aliphatic rings. The van der Waals surface area contributed by atoms with Gasteiger partial charge >= 0.3 is 0 Å². The predicted octanol–water partition coefficient (Wildman–Crippen LogP) is 4.81. The standard InChI is InChI=1S/C22H20ClN5O2/c1-13-7-4-5-10-18(13)22-25-19(15(3)30-22)12-28-14(2)20(26-27-28)21(29)24-17-9-6-8-16(23)11-17/h4-11H,12H2,1-3H3,(H,24,29). The zero-order valence-electron chi connectivity index (χ0n) is 16.8. The maximum atomic E-state index is 12.6. The Morgan fingerprint density at radius 2 is 1.93 bits per heavy atom. The van der Waals surface area contributed by atoms with Gasteiger partial charge in [-0.25, -0.2) is 9.67 Å². The van der Waals surface area contributed by atoms with E-state index in [-0.39, 0.29) is 11.6 Å². The number of rotatable bonds is 5. The molecular weight excluding hydrogens is 402 g/mol. The van der Waals surface area contributed by atoms with Gasteiger partial charge in [-0.3, -0.25) is 4.79 Å². The molecule has 0 unspecified atom stereocenters. The molecule has 2 aromatic heterocycles. The van der Waals surface area contributed by atoms with Gasteiger partial charge in [0, 0.05) is 16.3 Å². The van der Waals surface area contributed by atoms with E-state index in [9.17, 15) is 4.79 Å². The molecule has 0 aliphatic heterocycles. The Morgan fingerprint density at radius 3 is 2.70 bits per heavy atom. The van der Waals surface area contributed by atoms with Gasteiger partial charge in [0.15, 0.2) is 5.69 Å². The van der Waals surface area contributed by atoms with E-state index in [2.05, 4.69) is 20.6 Å². The molecule has 1 amide bonds. The van der Waals surface area contributed by atoms with Crippen molar-refractivity contribution in [3.63, 3.8) is 0 Å². The first-order valence-electron chi connectivity index (χ1n) is 9.41. The fraction of sp³-hybridized carbons (Fsp3) is 0.182. The summed E-state index contributed by atoms with van der Waals surface area (Å²) >= 11 is 5.97. The van der Waals surface area contributed by atoms with Crippen LogP contribution in [0.5, 0.6) is 0 Å². The van der Waals surface area contributed by atoms with Gasteiger partial charge in [-0.15, -0.1) is 5.10 Å². The fourth-order valence-electron chi connectivity index (χ4n) is 3.12. The first kappa shape index (κ1) is 19.8. The van der Waals surface area contributed by atoms with E-state index < -0.39 is 0 Å². The summed E-state index contributed by atoms with van der Waals surface area (Å²) in [5.41, 5.74) is 4.25. The minimum atomic E-state index is -0.349. The molecule has 2 aromatic carbocycles. The Hall–Kier alpha value is -3.45. The second-order valence-electron chi connectivity index (χ2n) is 6.98. The van der Waals surface area contributed by atoms with Crippen LogP contribution in [0.15, 0.2) is 52.9 Å². The molecule has 0 radical (unpaired) electrons. The van der Waals surface area contributed by atoms with Crippen molar-refractivity contribution in [3.05, 3.63) is 82.0 Å². The Bertz CT molecular complexity index is 1230. The van der Waals surface area contributed by atoms with Gasteiger partial charge in [0.05, 0.1) is 12.2 Å². The summed E-state index contributed by atoms with van der Waals surface area (Å²) in [6.45, 7) is 6.03. The molecule has 0 atom stereocenters. The van der Waals surface area contributed by atoms with Gasteiger partial charge in [-0.1, -0.05) is 41.1 Å². The number of carbonyl (C=O) groups is 1. The van der Waals surface area contributed by atoms with Crippen LogP contribution >= 0.6 is 11.6 Å². The van der Waals surface area contributed by atoms with E-state index in [0.29, 0.717) is 34.6 Å². The van der Waals surface area contributed by atoms with Crippen LogP contribution in [-0.2, 0) is 6.54 Å². The number of benzene rings is 2. The van der Waals surface area contributed by atoms with E-state index >= 15 is 0 Å². The average molecular weight is 422 g/mol. The van der Waals surface area contributed by atoms with Gasteiger partial charge in [0.25, 0.3) is 5.91 Å². The van der Waals surface area contributed by atoms with Gasteiger partial charge in [-0.2, -0.15) is 0 Å². The van der Waals surface area contributed by atoms with Crippen LogP contribution in [0.25, 0.3) is 11.5 Å². The van der Waals surface area contributed by atoms with E-state index in [1.807, 2.05) is 38.1 Å². The maximum absolute atomic E-state index is 12.6. The fourth-order valence-corrected chi connectivity index (χ4v) is 3.31. The number of aryl methyl sites for hydroxylation is 2. The van der Waals surface area contributed by atoms with Crippen molar-refractivity contribution in [2.45, 2.75) is 27.3 Å². The number of nitrogens with zero attached hydrogens (tertiary/aromatic N) is 4. The number of oxazole rings is 1. The number of nitrogens with one attached hydrogen (secondary N) is 1. The van der Waals surface area contributed by atoms with Gasteiger partial charge in [0.1, 0.15) is 11.5 Å². The number of amides is 1. The van der Waals surface area contributed by atoms with E-state index in [0.717, 1.165) is 16.8 Å². The molecule has 0 fully saturated rings. The van der Waals surface area contributed by atoms with Gasteiger partial charge < -0.3 is 9.73 Å². The van der Waals surface area contributed by atoms with Crippen LogP contribution in [0.1, 0.15) is 33.2 Å². The Morgan fingerprint density at radius 1 is 1.13 bits per heavy atom. The van der Waals surface area contributed by atoms with Crippen molar-refractivity contribution in [2.24, 2.45) is 0 Å². The second-order valence-corrected chi connectivity index (χ2v) is 7.42. The van der Waals surface area contributed by atoms with Crippen molar-refractivity contribution < 1.29 is 9.21 Å². The third kappa shape index (κ3) is 3.97. The third-order valence-corrected chi connectivity index (χ3v) is 5.08. The molecule has 0 bridgehead atoms. The van der Waals surface area contributed by atoms with Crippen LogP contribution < -0.4 is 5.32 Å². The molecule has 2 heterocycles. The van der Waals surface area contributed by atoms with E-state index in [4.69, 9.17) is 16.0 Å². The number of carbonyl (C=O) groups excluding carboxylic acids is 1. The summed E-state index contributed by atoms with van der Waals surface area (Å²) in [6.07, 6.45) is 0. The smallest absolute Gasteiger partial charge is 0.278 e. The van der Waals surface area contributed by atoms with Crippen LogP contribution in [0.4, 0.5) is 5.69 Å². The summed E-state index contributed by atoms with van der Waals surface area (Å²) < 4.78 is 7.51. The van der Waals surface area contributed by atoms with Crippen LogP contribution in [0.2, 0.25) is 5.02 Å². The largest absolute Gasteiger partial charge is 0.441 e. The number of hydrogen-bond donors (Lipinski definition) is 1. The minimum absolute atomic E-state index is 0.246. The van der Waals surface area contributed by atoms with Gasteiger partial charge in [0.2, 0.25) is 5.89 Å².